The molecule has 21 heavy (non-hydrogen) atoms. The van der Waals surface area contributed by atoms with Crippen LogP contribution in [0.3, 0.4) is 0 Å². The Morgan fingerprint density at radius 2 is 1.81 bits per heavy atom. The molecule has 0 bridgehead atoms. The first kappa shape index (κ1) is 15.4. The van der Waals surface area contributed by atoms with Crippen molar-refractivity contribution >= 4 is 11.8 Å². The van der Waals surface area contributed by atoms with Crippen molar-refractivity contribution in [3.05, 3.63) is 29.8 Å². The first-order chi connectivity index (χ1) is 10.1. The van der Waals surface area contributed by atoms with E-state index in [1.54, 1.807) is 0 Å². The van der Waals surface area contributed by atoms with Crippen LogP contribution in [0.4, 0.5) is 0 Å². The molecule has 2 heteroatoms. The highest BCUT2D eigenvalue weighted by atomic mass is 32.2. The largest absolute Gasteiger partial charge is 0.307 e. The summed E-state index contributed by atoms with van der Waals surface area (Å²) >= 11 is 2.02. The average Bonchev–Trinajstić information content (AvgIpc) is 2.47. The van der Waals surface area contributed by atoms with Crippen molar-refractivity contribution < 1.29 is 0 Å². The molecular weight excluding hydrogens is 274 g/mol. The van der Waals surface area contributed by atoms with Crippen LogP contribution >= 0.6 is 11.8 Å². The molecule has 0 amide bonds. The number of rotatable bonds is 2. The molecule has 0 aromatic heterocycles. The van der Waals surface area contributed by atoms with E-state index in [1.807, 2.05) is 11.8 Å². The number of nitrogens with one attached hydrogen (secondary N) is 1. The third-order valence-corrected chi connectivity index (χ3v) is 6.37. The lowest BCUT2D eigenvalue weighted by Gasteiger charge is -2.43. The molecule has 2 aliphatic rings. The van der Waals surface area contributed by atoms with Gasteiger partial charge < -0.3 is 5.32 Å². The second-order valence-corrected chi connectivity index (χ2v) is 8.89. The Morgan fingerprint density at radius 3 is 2.62 bits per heavy atom. The van der Waals surface area contributed by atoms with Gasteiger partial charge in [0.25, 0.3) is 0 Å². The van der Waals surface area contributed by atoms with Crippen LogP contribution in [0.2, 0.25) is 0 Å². The molecule has 1 aliphatic heterocycles. The minimum absolute atomic E-state index is 0.418. The van der Waals surface area contributed by atoms with Gasteiger partial charge in [-0.2, -0.15) is 0 Å². The van der Waals surface area contributed by atoms with Gasteiger partial charge in [-0.3, -0.25) is 0 Å². The average molecular weight is 304 g/mol. The fourth-order valence-corrected chi connectivity index (χ4v) is 5.27. The maximum atomic E-state index is 4.06. The lowest BCUT2D eigenvalue weighted by molar-refractivity contribution is 0.122. The van der Waals surface area contributed by atoms with Crippen LogP contribution in [-0.4, -0.2) is 11.8 Å². The van der Waals surface area contributed by atoms with Crippen LogP contribution in [0.15, 0.2) is 29.2 Å². The van der Waals surface area contributed by atoms with Crippen molar-refractivity contribution in [3.8, 4) is 0 Å². The molecule has 0 spiro atoms. The smallest absolute Gasteiger partial charge is 0.0341 e. The summed E-state index contributed by atoms with van der Waals surface area (Å²) in [6.07, 6.45) is 6.83. The van der Waals surface area contributed by atoms with Crippen molar-refractivity contribution in [1.29, 1.82) is 0 Å². The SMILES string of the molecule is CC(C)(C)C1CCCCC1NC1CCSc2ccccc21. The molecule has 3 unspecified atom stereocenters. The molecule has 1 aliphatic carbocycles. The topological polar surface area (TPSA) is 12.0 Å². The van der Waals surface area contributed by atoms with E-state index in [0.29, 0.717) is 17.5 Å². The third-order valence-electron chi connectivity index (χ3n) is 5.25. The molecule has 1 heterocycles. The number of hydrogen-bond acceptors (Lipinski definition) is 2. The van der Waals surface area contributed by atoms with Gasteiger partial charge in [-0.05, 0) is 48.0 Å². The van der Waals surface area contributed by atoms with Gasteiger partial charge in [-0.15, -0.1) is 11.8 Å². The summed E-state index contributed by atoms with van der Waals surface area (Å²) in [6, 6.07) is 10.2. The van der Waals surface area contributed by atoms with Crippen LogP contribution in [0.5, 0.6) is 0 Å². The van der Waals surface area contributed by atoms with Crippen molar-refractivity contribution in [2.75, 3.05) is 5.75 Å². The molecule has 0 radical (unpaired) electrons. The Labute approximate surface area is 134 Å². The summed E-state index contributed by atoms with van der Waals surface area (Å²) in [5, 5.41) is 4.06. The molecule has 1 fully saturated rings. The zero-order valence-corrected chi connectivity index (χ0v) is 14.5. The molecule has 0 saturated heterocycles. The standard InChI is InChI=1S/C19H29NS/c1-19(2,3)15-9-5-6-10-17(15)20-16-12-13-21-18-11-7-4-8-14(16)18/h4,7-8,11,15-17,20H,5-6,9-10,12-13H2,1-3H3. The van der Waals surface area contributed by atoms with Crippen LogP contribution < -0.4 is 5.32 Å². The summed E-state index contributed by atoms with van der Waals surface area (Å²) in [5.74, 6) is 2.06. The summed E-state index contributed by atoms with van der Waals surface area (Å²) in [7, 11) is 0. The Balaban J connectivity index is 1.77. The molecule has 1 saturated carbocycles. The summed E-state index contributed by atoms with van der Waals surface area (Å²) in [4.78, 5) is 1.49. The first-order valence-corrected chi connectivity index (χ1v) is 9.52. The quantitative estimate of drug-likeness (QED) is 0.783. The number of fused-ring (bicyclic) bond motifs is 1. The highest BCUT2D eigenvalue weighted by molar-refractivity contribution is 7.99. The minimum Gasteiger partial charge on any atom is -0.307 e. The second kappa shape index (κ2) is 6.34. The molecule has 1 nitrogen and oxygen atoms in total. The minimum atomic E-state index is 0.418. The fraction of sp³-hybridized carbons (Fsp3) is 0.684. The normalized spacial score (nSPS) is 30.0. The molecule has 1 N–H and O–H groups in total. The zero-order chi connectivity index (χ0) is 14.9. The Kier molecular flexibility index (Phi) is 4.66. The lowest BCUT2D eigenvalue weighted by Crippen LogP contribution is -2.46. The van der Waals surface area contributed by atoms with E-state index < -0.39 is 0 Å². The highest BCUT2D eigenvalue weighted by Crippen LogP contribution is 2.41. The number of benzene rings is 1. The van der Waals surface area contributed by atoms with Crippen LogP contribution in [0.1, 0.15) is 64.5 Å². The maximum Gasteiger partial charge on any atom is 0.0341 e. The Hall–Kier alpha value is -0.470. The molecule has 1 aromatic carbocycles. The molecule has 3 rings (SSSR count). The number of hydrogen-bond donors (Lipinski definition) is 1. The predicted molar refractivity (Wildman–Crippen MR) is 92.9 cm³/mol. The van der Waals surface area contributed by atoms with Gasteiger partial charge in [-0.25, -0.2) is 0 Å². The summed E-state index contributed by atoms with van der Waals surface area (Å²) in [6.45, 7) is 7.26. The third kappa shape index (κ3) is 3.48. The highest BCUT2D eigenvalue weighted by Gasteiger charge is 2.35. The van der Waals surface area contributed by atoms with Crippen molar-refractivity contribution in [2.45, 2.75) is 69.9 Å². The van der Waals surface area contributed by atoms with Crippen molar-refractivity contribution in [1.82, 2.24) is 5.32 Å². The van der Waals surface area contributed by atoms with E-state index in [-0.39, 0.29) is 0 Å². The van der Waals surface area contributed by atoms with Gasteiger partial charge in [0.2, 0.25) is 0 Å². The van der Waals surface area contributed by atoms with E-state index >= 15 is 0 Å². The van der Waals surface area contributed by atoms with Gasteiger partial charge in [0.15, 0.2) is 0 Å². The molecule has 1 aromatic rings. The Bertz CT molecular complexity index is 477. The van der Waals surface area contributed by atoms with Gasteiger partial charge in [0.05, 0.1) is 0 Å². The van der Waals surface area contributed by atoms with Crippen molar-refractivity contribution in [2.24, 2.45) is 11.3 Å². The zero-order valence-electron chi connectivity index (χ0n) is 13.7. The van der Waals surface area contributed by atoms with Crippen LogP contribution in [-0.2, 0) is 0 Å². The maximum absolute atomic E-state index is 4.06. The van der Waals surface area contributed by atoms with Gasteiger partial charge in [-0.1, -0.05) is 51.8 Å². The van der Waals surface area contributed by atoms with E-state index in [9.17, 15) is 0 Å². The summed E-state index contributed by atoms with van der Waals surface area (Å²) in [5.41, 5.74) is 1.95. The Morgan fingerprint density at radius 1 is 1.05 bits per heavy atom. The van der Waals surface area contributed by atoms with E-state index in [1.165, 1.54) is 48.3 Å². The molecule has 3 atom stereocenters. The molecular formula is C19H29NS. The van der Waals surface area contributed by atoms with Crippen LogP contribution in [0, 0.1) is 11.3 Å². The second-order valence-electron chi connectivity index (χ2n) is 7.76. The lowest BCUT2D eigenvalue weighted by atomic mass is 9.69. The van der Waals surface area contributed by atoms with Gasteiger partial charge in [0.1, 0.15) is 0 Å². The fourth-order valence-electron chi connectivity index (χ4n) is 4.14. The van der Waals surface area contributed by atoms with E-state index in [2.05, 4.69) is 50.4 Å². The number of thioether (sulfide) groups is 1. The van der Waals surface area contributed by atoms with Gasteiger partial charge in [0, 0.05) is 17.0 Å². The van der Waals surface area contributed by atoms with Gasteiger partial charge >= 0.3 is 0 Å². The van der Waals surface area contributed by atoms with Crippen LogP contribution in [0.25, 0.3) is 0 Å². The monoisotopic (exact) mass is 303 g/mol. The first-order valence-electron chi connectivity index (χ1n) is 8.53. The molecule has 116 valence electrons. The van der Waals surface area contributed by atoms with E-state index in [4.69, 9.17) is 0 Å². The predicted octanol–water partition coefficient (Wildman–Crippen LogP) is 5.42. The van der Waals surface area contributed by atoms with E-state index in [0.717, 1.165) is 5.92 Å². The summed E-state index contributed by atoms with van der Waals surface area (Å²) < 4.78 is 0. The van der Waals surface area contributed by atoms with Crippen molar-refractivity contribution in [3.63, 3.8) is 0 Å².